The SMILES string of the molecule is CCCNC(CCC1CC1)C(C(F)(F)F)C(F)(F)F. The summed E-state index contributed by atoms with van der Waals surface area (Å²) in [5, 5.41) is 2.43. The topological polar surface area (TPSA) is 12.0 Å². The van der Waals surface area contributed by atoms with Gasteiger partial charge in [0.2, 0.25) is 0 Å². The van der Waals surface area contributed by atoms with Crippen LogP contribution in [0.4, 0.5) is 26.3 Å². The van der Waals surface area contributed by atoms with Crippen LogP contribution >= 0.6 is 0 Å². The lowest BCUT2D eigenvalue weighted by molar-refractivity contribution is -0.292. The summed E-state index contributed by atoms with van der Waals surface area (Å²) in [6.07, 6.45) is -7.81. The van der Waals surface area contributed by atoms with Crippen molar-refractivity contribution in [3.05, 3.63) is 0 Å². The fraction of sp³-hybridized carbons (Fsp3) is 1.00. The zero-order valence-electron chi connectivity index (χ0n) is 10.7. The van der Waals surface area contributed by atoms with Crippen LogP contribution in [0, 0.1) is 11.8 Å². The summed E-state index contributed by atoms with van der Waals surface area (Å²) in [6, 6.07) is -1.57. The summed E-state index contributed by atoms with van der Waals surface area (Å²) in [5.74, 6) is -2.96. The Kier molecular flexibility index (Phi) is 5.53. The molecule has 1 rings (SSSR count). The van der Waals surface area contributed by atoms with Gasteiger partial charge in [-0.05, 0) is 31.7 Å². The largest absolute Gasteiger partial charge is 0.401 e. The third-order valence-electron chi connectivity index (χ3n) is 3.35. The number of rotatable bonds is 7. The van der Waals surface area contributed by atoms with Gasteiger partial charge in [0.15, 0.2) is 5.92 Å². The maximum atomic E-state index is 12.7. The normalized spacial score (nSPS) is 18.9. The molecule has 0 saturated heterocycles. The summed E-state index contributed by atoms with van der Waals surface area (Å²) >= 11 is 0. The zero-order chi connectivity index (χ0) is 14.7. The molecule has 1 atom stereocenters. The van der Waals surface area contributed by atoms with Gasteiger partial charge in [-0.3, -0.25) is 0 Å². The highest BCUT2D eigenvalue weighted by Crippen LogP contribution is 2.43. The van der Waals surface area contributed by atoms with Crippen LogP contribution in [0.5, 0.6) is 0 Å². The van der Waals surface area contributed by atoms with Crippen molar-refractivity contribution in [1.82, 2.24) is 5.32 Å². The van der Waals surface area contributed by atoms with E-state index in [9.17, 15) is 26.3 Å². The Balaban J connectivity index is 2.75. The quantitative estimate of drug-likeness (QED) is 0.690. The Morgan fingerprint density at radius 2 is 1.58 bits per heavy atom. The molecule has 0 aromatic carbocycles. The van der Waals surface area contributed by atoms with Crippen molar-refractivity contribution in [2.75, 3.05) is 6.54 Å². The van der Waals surface area contributed by atoms with Crippen molar-refractivity contribution in [2.24, 2.45) is 11.8 Å². The van der Waals surface area contributed by atoms with Gasteiger partial charge in [-0.1, -0.05) is 19.8 Å². The number of hydrogen-bond donors (Lipinski definition) is 1. The molecule has 19 heavy (non-hydrogen) atoms. The molecule has 1 aliphatic rings. The first-order valence-electron chi connectivity index (χ1n) is 6.53. The lowest BCUT2D eigenvalue weighted by Crippen LogP contribution is -2.51. The minimum atomic E-state index is -5.26. The average Bonchev–Trinajstić information content (AvgIpc) is 3.01. The van der Waals surface area contributed by atoms with Gasteiger partial charge < -0.3 is 5.32 Å². The molecular weight excluding hydrogens is 272 g/mol. The van der Waals surface area contributed by atoms with E-state index in [2.05, 4.69) is 5.32 Å². The molecule has 1 N–H and O–H groups in total. The third-order valence-corrected chi connectivity index (χ3v) is 3.35. The second-order valence-corrected chi connectivity index (χ2v) is 5.14. The van der Waals surface area contributed by atoms with Crippen LogP contribution in [-0.2, 0) is 0 Å². The van der Waals surface area contributed by atoms with Crippen LogP contribution < -0.4 is 5.32 Å². The van der Waals surface area contributed by atoms with Crippen LogP contribution in [0.1, 0.15) is 39.0 Å². The summed E-state index contributed by atoms with van der Waals surface area (Å²) < 4.78 is 76.0. The van der Waals surface area contributed by atoms with Crippen LogP contribution in [0.25, 0.3) is 0 Å². The fourth-order valence-corrected chi connectivity index (χ4v) is 2.18. The Hall–Kier alpha value is -0.460. The van der Waals surface area contributed by atoms with Crippen LogP contribution in [-0.4, -0.2) is 24.9 Å². The van der Waals surface area contributed by atoms with Gasteiger partial charge >= 0.3 is 12.4 Å². The van der Waals surface area contributed by atoms with Crippen molar-refractivity contribution in [3.63, 3.8) is 0 Å². The standard InChI is InChI=1S/C12H19F6N/c1-2-7-19-9(6-5-8-3-4-8)10(11(13,14)15)12(16,17)18/h8-10,19H,2-7H2,1H3. The van der Waals surface area contributed by atoms with E-state index in [-0.39, 0.29) is 13.0 Å². The monoisotopic (exact) mass is 291 g/mol. The zero-order valence-corrected chi connectivity index (χ0v) is 10.7. The predicted octanol–water partition coefficient (Wildman–Crippen LogP) is 4.29. The Bertz CT molecular complexity index is 254. The van der Waals surface area contributed by atoms with Gasteiger partial charge in [-0.25, -0.2) is 0 Å². The van der Waals surface area contributed by atoms with E-state index in [1.165, 1.54) is 0 Å². The van der Waals surface area contributed by atoms with Gasteiger partial charge in [0, 0.05) is 6.04 Å². The van der Waals surface area contributed by atoms with E-state index >= 15 is 0 Å². The van der Waals surface area contributed by atoms with E-state index in [0.29, 0.717) is 18.8 Å². The highest BCUT2D eigenvalue weighted by Gasteiger charge is 2.59. The molecule has 0 heterocycles. The summed E-state index contributed by atoms with van der Waals surface area (Å²) in [6.45, 7) is 1.87. The number of hydrogen-bond acceptors (Lipinski definition) is 1. The van der Waals surface area contributed by atoms with Gasteiger partial charge in [0.1, 0.15) is 0 Å². The number of alkyl halides is 6. The molecule has 1 aliphatic carbocycles. The Morgan fingerprint density at radius 1 is 1.05 bits per heavy atom. The fourth-order valence-electron chi connectivity index (χ4n) is 2.18. The average molecular weight is 291 g/mol. The first kappa shape index (κ1) is 16.6. The smallest absolute Gasteiger partial charge is 0.313 e. The van der Waals surface area contributed by atoms with Gasteiger partial charge in [0.05, 0.1) is 0 Å². The minimum absolute atomic E-state index is 0.0750. The highest BCUT2D eigenvalue weighted by molar-refractivity contribution is 4.88. The van der Waals surface area contributed by atoms with Gasteiger partial charge in [-0.2, -0.15) is 26.3 Å². The molecule has 0 spiro atoms. The molecule has 0 aliphatic heterocycles. The number of halogens is 6. The van der Waals surface area contributed by atoms with Crippen LogP contribution in [0.15, 0.2) is 0 Å². The number of nitrogens with one attached hydrogen (secondary N) is 1. The van der Waals surface area contributed by atoms with Crippen molar-refractivity contribution in [2.45, 2.75) is 57.4 Å². The van der Waals surface area contributed by atoms with E-state index in [4.69, 9.17) is 0 Å². The lowest BCUT2D eigenvalue weighted by Gasteiger charge is -2.31. The van der Waals surface area contributed by atoms with Crippen molar-refractivity contribution in [3.8, 4) is 0 Å². The molecule has 7 heteroatoms. The van der Waals surface area contributed by atoms with Crippen LogP contribution in [0.3, 0.4) is 0 Å². The van der Waals surface area contributed by atoms with E-state index in [0.717, 1.165) is 12.8 Å². The minimum Gasteiger partial charge on any atom is -0.313 e. The van der Waals surface area contributed by atoms with Crippen molar-refractivity contribution in [1.29, 1.82) is 0 Å². The van der Waals surface area contributed by atoms with Crippen molar-refractivity contribution < 1.29 is 26.3 Å². The second-order valence-electron chi connectivity index (χ2n) is 5.14. The van der Waals surface area contributed by atoms with Gasteiger partial charge in [-0.15, -0.1) is 0 Å². The molecular formula is C12H19F6N. The maximum Gasteiger partial charge on any atom is 0.401 e. The molecule has 114 valence electrons. The highest BCUT2D eigenvalue weighted by atomic mass is 19.4. The maximum absolute atomic E-state index is 12.7. The summed E-state index contributed by atoms with van der Waals surface area (Å²) in [5.41, 5.74) is 0. The van der Waals surface area contributed by atoms with E-state index < -0.39 is 24.3 Å². The summed E-state index contributed by atoms with van der Waals surface area (Å²) in [7, 11) is 0. The molecule has 1 saturated carbocycles. The Labute approximate surface area is 108 Å². The molecule has 1 unspecified atom stereocenters. The molecule has 0 aromatic rings. The van der Waals surface area contributed by atoms with E-state index in [1.54, 1.807) is 6.92 Å². The van der Waals surface area contributed by atoms with E-state index in [1.807, 2.05) is 0 Å². The second kappa shape index (κ2) is 6.33. The van der Waals surface area contributed by atoms with Crippen LogP contribution in [0.2, 0.25) is 0 Å². The predicted molar refractivity (Wildman–Crippen MR) is 59.6 cm³/mol. The Morgan fingerprint density at radius 3 is 1.95 bits per heavy atom. The molecule has 1 nitrogen and oxygen atoms in total. The lowest BCUT2D eigenvalue weighted by atomic mass is 9.93. The third kappa shape index (κ3) is 5.58. The summed E-state index contributed by atoms with van der Waals surface area (Å²) in [4.78, 5) is 0. The first-order valence-corrected chi connectivity index (χ1v) is 6.53. The first-order chi connectivity index (χ1) is 8.66. The molecule has 1 fully saturated rings. The molecule has 0 radical (unpaired) electrons. The van der Waals surface area contributed by atoms with Gasteiger partial charge in [0.25, 0.3) is 0 Å². The molecule has 0 amide bonds. The van der Waals surface area contributed by atoms with Crippen molar-refractivity contribution >= 4 is 0 Å². The molecule has 0 bridgehead atoms. The molecule has 0 aromatic heterocycles.